The van der Waals surface area contributed by atoms with Crippen molar-refractivity contribution in [2.75, 3.05) is 11.4 Å². The zero-order valence-electron chi connectivity index (χ0n) is 14.7. The highest BCUT2D eigenvalue weighted by atomic mass is 19.1. The molecule has 0 N–H and O–H groups in total. The van der Waals surface area contributed by atoms with Gasteiger partial charge >= 0.3 is 0 Å². The van der Waals surface area contributed by atoms with Crippen LogP contribution in [0.4, 0.5) is 10.3 Å². The maximum atomic E-state index is 14.1. The van der Waals surface area contributed by atoms with Crippen molar-refractivity contribution in [3.63, 3.8) is 0 Å². The van der Waals surface area contributed by atoms with Gasteiger partial charge in [0, 0.05) is 30.4 Å². The Morgan fingerprint density at radius 3 is 2.81 bits per heavy atom. The number of nitrogens with zero attached hydrogens (tertiary/aromatic N) is 4. The molecule has 4 rings (SSSR count). The van der Waals surface area contributed by atoms with Crippen molar-refractivity contribution >= 4 is 11.9 Å². The molecule has 1 aromatic carbocycles. The van der Waals surface area contributed by atoms with Gasteiger partial charge in [-0.15, -0.1) is 0 Å². The number of rotatable bonds is 3. The fraction of sp³-hybridized carbons (Fsp3) is 0.316. The highest BCUT2D eigenvalue weighted by Gasteiger charge is 2.27. The van der Waals surface area contributed by atoms with Gasteiger partial charge in [0.1, 0.15) is 11.6 Å². The van der Waals surface area contributed by atoms with E-state index in [4.69, 9.17) is 4.52 Å². The Bertz CT molecular complexity index is 956. The molecule has 0 bridgehead atoms. The second-order valence-electron chi connectivity index (χ2n) is 6.48. The van der Waals surface area contributed by atoms with E-state index in [2.05, 4.69) is 10.1 Å². The summed E-state index contributed by atoms with van der Waals surface area (Å²) in [7, 11) is 0. The van der Waals surface area contributed by atoms with Crippen LogP contribution in [0.2, 0.25) is 0 Å². The molecule has 0 atom stereocenters. The summed E-state index contributed by atoms with van der Waals surface area (Å²) in [6.07, 6.45) is 2.85. The van der Waals surface area contributed by atoms with Crippen LogP contribution in [-0.2, 0) is 17.8 Å². The Hall–Kier alpha value is -2.96. The smallest absolute Gasteiger partial charge is 0.233 e. The van der Waals surface area contributed by atoms with E-state index in [0.717, 1.165) is 24.2 Å². The van der Waals surface area contributed by atoms with Gasteiger partial charge in [-0.05, 0) is 32.4 Å². The van der Waals surface area contributed by atoms with E-state index in [9.17, 15) is 9.18 Å². The van der Waals surface area contributed by atoms with Crippen LogP contribution in [0.25, 0.3) is 11.3 Å². The number of amides is 1. The SMILES string of the molecule is Cc1noc(C)c1CC(=O)N1CCCn2cc(-c3ccccc3F)nc21. The van der Waals surface area contributed by atoms with Crippen LogP contribution in [0, 0.1) is 19.7 Å². The Balaban J connectivity index is 1.65. The van der Waals surface area contributed by atoms with Crippen molar-refractivity contribution in [3.05, 3.63) is 53.3 Å². The lowest BCUT2D eigenvalue weighted by Crippen LogP contribution is -2.38. The van der Waals surface area contributed by atoms with Crippen molar-refractivity contribution in [1.82, 2.24) is 14.7 Å². The van der Waals surface area contributed by atoms with E-state index in [-0.39, 0.29) is 18.1 Å². The molecule has 0 radical (unpaired) electrons. The molecule has 7 heteroatoms. The van der Waals surface area contributed by atoms with E-state index in [0.29, 0.717) is 29.5 Å². The zero-order valence-corrected chi connectivity index (χ0v) is 14.7. The number of carbonyl (C=O) groups is 1. The first-order valence-electron chi connectivity index (χ1n) is 8.59. The number of aryl methyl sites for hydroxylation is 3. The van der Waals surface area contributed by atoms with Crippen LogP contribution in [0.5, 0.6) is 0 Å². The molecule has 26 heavy (non-hydrogen) atoms. The maximum Gasteiger partial charge on any atom is 0.233 e. The molecule has 0 spiro atoms. The highest BCUT2D eigenvalue weighted by Crippen LogP contribution is 2.28. The molecule has 3 aromatic rings. The summed E-state index contributed by atoms with van der Waals surface area (Å²) < 4.78 is 21.1. The number of carbonyl (C=O) groups excluding carboxylic acids is 1. The number of halogens is 1. The molecule has 3 heterocycles. The first-order valence-corrected chi connectivity index (χ1v) is 8.59. The molecule has 0 saturated heterocycles. The molecule has 1 aliphatic heterocycles. The zero-order chi connectivity index (χ0) is 18.3. The van der Waals surface area contributed by atoms with Crippen molar-refractivity contribution in [1.29, 1.82) is 0 Å². The van der Waals surface area contributed by atoms with Crippen LogP contribution in [0.1, 0.15) is 23.4 Å². The minimum absolute atomic E-state index is 0.0639. The van der Waals surface area contributed by atoms with Crippen molar-refractivity contribution < 1.29 is 13.7 Å². The van der Waals surface area contributed by atoms with E-state index < -0.39 is 0 Å². The van der Waals surface area contributed by atoms with E-state index >= 15 is 0 Å². The molecule has 134 valence electrons. The third-order valence-corrected chi connectivity index (χ3v) is 4.74. The lowest BCUT2D eigenvalue weighted by Gasteiger charge is -2.27. The van der Waals surface area contributed by atoms with Gasteiger partial charge in [-0.25, -0.2) is 9.37 Å². The van der Waals surface area contributed by atoms with Gasteiger partial charge in [0.15, 0.2) is 0 Å². The molecule has 0 saturated carbocycles. The fourth-order valence-corrected chi connectivity index (χ4v) is 3.32. The average Bonchev–Trinajstić information content (AvgIpc) is 3.20. The monoisotopic (exact) mass is 354 g/mol. The molecule has 0 aliphatic carbocycles. The second-order valence-corrected chi connectivity index (χ2v) is 6.48. The Morgan fingerprint density at radius 1 is 1.27 bits per heavy atom. The van der Waals surface area contributed by atoms with Crippen LogP contribution in [-0.4, -0.2) is 27.2 Å². The van der Waals surface area contributed by atoms with Crippen LogP contribution < -0.4 is 4.90 Å². The summed E-state index contributed by atoms with van der Waals surface area (Å²) in [6.45, 7) is 4.98. The topological polar surface area (TPSA) is 64.2 Å². The number of hydrogen-bond acceptors (Lipinski definition) is 4. The lowest BCUT2D eigenvalue weighted by molar-refractivity contribution is -0.118. The predicted molar refractivity (Wildman–Crippen MR) is 94.3 cm³/mol. The number of fused-ring (bicyclic) bond motifs is 1. The molecule has 2 aromatic heterocycles. The minimum Gasteiger partial charge on any atom is -0.361 e. The molecule has 0 fully saturated rings. The molecular formula is C19H19FN4O2. The average molecular weight is 354 g/mol. The van der Waals surface area contributed by atoms with Gasteiger partial charge in [-0.3, -0.25) is 9.69 Å². The lowest BCUT2D eigenvalue weighted by atomic mass is 10.1. The second kappa shape index (κ2) is 6.40. The largest absolute Gasteiger partial charge is 0.361 e. The Labute approximate surface area is 150 Å². The van der Waals surface area contributed by atoms with Crippen LogP contribution in [0.15, 0.2) is 35.0 Å². The minimum atomic E-state index is -0.323. The molecule has 6 nitrogen and oxygen atoms in total. The van der Waals surface area contributed by atoms with Gasteiger partial charge < -0.3 is 9.09 Å². The Kier molecular flexibility index (Phi) is 4.06. The van der Waals surface area contributed by atoms with Crippen molar-refractivity contribution in [2.45, 2.75) is 33.2 Å². The highest BCUT2D eigenvalue weighted by molar-refractivity contribution is 5.94. The summed E-state index contributed by atoms with van der Waals surface area (Å²) in [5.41, 5.74) is 2.51. The standard InChI is InChI=1S/C19H19FN4O2/c1-12-15(13(2)26-22-12)10-18(25)24-9-5-8-23-11-17(21-19(23)24)14-6-3-4-7-16(14)20/h3-4,6-7,11H,5,8-10H2,1-2H3. The molecule has 1 amide bonds. The number of anilines is 1. The molecule has 1 aliphatic rings. The van der Waals surface area contributed by atoms with Crippen LogP contribution >= 0.6 is 0 Å². The fourth-order valence-electron chi connectivity index (χ4n) is 3.32. The van der Waals surface area contributed by atoms with Crippen LogP contribution in [0.3, 0.4) is 0 Å². The summed E-state index contributed by atoms with van der Waals surface area (Å²) >= 11 is 0. The summed E-state index contributed by atoms with van der Waals surface area (Å²) in [5.74, 6) is 0.831. The summed E-state index contributed by atoms with van der Waals surface area (Å²) in [5, 5.41) is 3.90. The number of benzene rings is 1. The third-order valence-electron chi connectivity index (χ3n) is 4.74. The summed E-state index contributed by atoms with van der Waals surface area (Å²) in [4.78, 5) is 19.1. The van der Waals surface area contributed by atoms with Gasteiger partial charge in [0.2, 0.25) is 11.9 Å². The van der Waals surface area contributed by atoms with Gasteiger partial charge in [0.05, 0.1) is 17.8 Å². The number of imidazole rings is 1. The Morgan fingerprint density at radius 2 is 2.08 bits per heavy atom. The molecular weight excluding hydrogens is 335 g/mol. The first-order chi connectivity index (χ1) is 12.5. The van der Waals surface area contributed by atoms with Crippen molar-refractivity contribution in [2.24, 2.45) is 0 Å². The normalized spacial score (nSPS) is 13.7. The number of aromatic nitrogens is 3. The van der Waals surface area contributed by atoms with E-state index in [1.807, 2.05) is 17.7 Å². The third kappa shape index (κ3) is 2.79. The quantitative estimate of drug-likeness (QED) is 0.724. The molecule has 0 unspecified atom stereocenters. The van der Waals surface area contributed by atoms with E-state index in [1.165, 1.54) is 6.07 Å². The summed E-state index contributed by atoms with van der Waals surface area (Å²) in [6, 6.07) is 6.53. The van der Waals surface area contributed by atoms with E-state index in [1.54, 1.807) is 30.0 Å². The van der Waals surface area contributed by atoms with Gasteiger partial charge in [-0.1, -0.05) is 17.3 Å². The number of hydrogen-bond donors (Lipinski definition) is 0. The van der Waals surface area contributed by atoms with Crippen molar-refractivity contribution in [3.8, 4) is 11.3 Å². The first kappa shape index (κ1) is 16.5. The van der Waals surface area contributed by atoms with Gasteiger partial charge in [-0.2, -0.15) is 0 Å². The van der Waals surface area contributed by atoms with Gasteiger partial charge in [0.25, 0.3) is 0 Å². The predicted octanol–water partition coefficient (Wildman–Crippen LogP) is 3.27. The maximum absolute atomic E-state index is 14.1.